The molecule has 0 fully saturated rings. The molecule has 2 rings (SSSR count). The van der Waals surface area contributed by atoms with E-state index in [2.05, 4.69) is 25.6 Å². The third-order valence-corrected chi connectivity index (χ3v) is 4.79. The van der Waals surface area contributed by atoms with Crippen molar-refractivity contribution in [1.29, 1.82) is 0 Å². The number of hydrogen-bond donors (Lipinski definition) is 1. The van der Waals surface area contributed by atoms with Gasteiger partial charge in [-0.2, -0.15) is 0 Å². The SMILES string of the molecule is O=S(=O)(NCc1nccs1)c1ccc(Br)cc1F. The Morgan fingerprint density at radius 1 is 1.44 bits per heavy atom. The Kier molecular flexibility index (Phi) is 4.10. The topological polar surface area (TPSA) is 59.1 Å². The number of sulfonamides is 1. The zero-order valence-electron chi connectivity index (χ0n) is 8.93. The van der Waals surface area contributed by atoms with Crippen LogP contribution >= 0.6 is 27.3 Å². The van der Waals surface area contributed by atoms with Crippen molar-refractivity contribution in [3.63, 3.8) is 0 Å². The van der Waals surface area contributed by atoms with Crippen LogP contribution in [-0.4, -0.2) is 13.4 Å². The van der Waals surface area contributed by atoms with Gasteiger partial charge in [-0.15, -0.1) is 11.3 Å². The Balaban J connectivity index is 2.20. The van der Waals surface area contributed by atoms with Gasteiger partial charge in [-0.1, -0.05) is 15.9 Å². The first kappa shape index (κ1) is 13.6. The fraction of sp³-hybridized carbons (Fsp3) is 0.100. The lowest BCUT2D eigenvalue weighted by Gasteiger charge is -2.06. The van der Waals surface area contributed by atoms with Crippen molar-refractivity contribution < 1.29 is 12.8 Å². The number of nitrogens with one attached hydrogen (secondary N) is 1. The summed E-state index contributed by atoms with van der Waals surface area (Å²) in [4.78, 5) is 3.57. The molecular formula is C10H8BrFN2O2S2. The Hall–Kier alpha value is -0.830. The standard InChI is InChI=1S/C10H8BrFN2O2S2/c11-7-1-2-9(8(12)5-7)18(15,16)14-6-10-13-3-4-17-10/h1-5,14H,6H2. The Morgan fingerprint density at radius 2 is 2.22 bits per heavy atom. The molecule has 1 aromatic heterocycles. The van der Waals surface area contributed by atoms with Crippen LogP contribution in [0.25, 0.3) is 0 Å². The van der Waals surface area contributed by atoms with Crippen LogP contribution in [-0.2, 0) is 16.6 Å². The molecule has 0 spiro atoms. The van der Waals surface area contributed by atoms with Gasteiger partial charge in [-0.25, -0.2) is 22.5 Å². The molecule has 8 heteroatoms. The normalized spacial score (nSPS) is 11.7. The molecule has 1 N–H and O–H groups in total. The van der Waals surface area contributed by atoms with Crippen LogP contribution in [0.1, 0.15) is 5.01 Å². The summed E-state index contributed by atoms with van der Waals surface area (Å²) in [5, 5.41) is 2.36. The van der Waals surface area contributed by atoms with E-state index >= 15 is 0 Å². The molecule has 1 aromatic carbocycles. The highest BCUT2D eigenvalue weighted by atomic mass is 79.9. The lowest BCUT2D eigenvalue weighted by atomic mass is 10.3. The number of benzene rings is 1. The molecule has 0 atom stereocenters. The van der Waals surface area contributed by atoms with E-state index in [1.165, 1.54) is 23.5 Å². The van der Waals surface area contributed by atoms with Gasteiger partial charge in [0.2, 0.25) is 10.0 Å². The summed E-state index contributed by atoms with van der Waals surface area (Å²) in [6.07, 6.45) is 1.58. The van der Waals surface area contributed by atoms with Crippen molar-refractivity contribution in [2.24, 2.45) is 0 Å². The summed E-state index contributed by atoms with van der Waals surface area (Å²) in [5.74, 6) is -0.795. The van der Waals surface area contributed by atoms with Crippen LogP contribution < -0.4 is 4.72 Å². The Bertz CT molecular complexity index is 644. The molecule has 0 saturated carbocycles. The predicted molar refractivity (Wildman–Crippen MR) is 70.2 cm³/mol. The molecule has 1 heterocycles. The van der Waals surface area contributed by atoms with Crippen LogP contribution in [0.5, 0.6) is 0 Å². The molecule has 0 amide bonds. The van der Waals surface area contributed by atoms with E-state index in [1.807, 2.05) is 0 Å². The molecule has 0 aliphatic rings. The fourth-order valence-corrected chi connectivity index (χ4v) is 3.29. The third-order valence-electron chi connectivity index (χ3n) is 2.08. The summed E-state index contributed by atoms with van der Waals surface area (Å²) in [7, 11) is -3.86. The maximum absolute atomic E-state index is 13.5. The molecule has 0 radical (unpaired) electrons. The molecular weight excluding hydrogens is 343 g/mol. The second kappa shape index (κ2) is 5.43. The Labute approximate surface area is 116 Å². The highest BCUT2D eigenvalue weighted by Gasteiger charge is 2.19. The van der Waals surface area contributed by atoms with Crippen molar-refractivity contribution in [2.75, 3.05) is 0 Å². The van der Waals surface area contributed by atoms with Gasteiger partial charge in [0, 0.05) is 16.0 Å². The van der Waals surface area contributed by atoms with Gasteiger partial charge >= 0.3 is 0 Å². The van der Waals surface area contributed by atoms with Crippen molar-refractivity contribution >= 4 is 37.3 Å². The van der Waals surface area contributed by atoms with Gasteiger partial charge in [-0.3, -0.25) is 0 Å². The molecule has 0 aliphatic carbocycles. The number of rotatable bonds is 4. The van der Waals surface area contributed by atoms with E-state index < -0.39 is 15.8 Å². The van der Waals surface area contributed by atoms with Crippen LogP contribution in [0, 0.1) is 5.82 Å². The zero-order valence-corrected chi connectivity index (χ0v) is 12.1. The minimum absolute atomic E-state index is 0.0511. The minimum Gasteiger partial charge on any atom is -0.248 e. The summed E-state index contributed by atoms with van der Waals surface area (Å²) in [6, 6.07) is 3.79. The maximum atomic E-state index is 13.5. The number of nitrogens with zero attached hydrogens (tertiary/aromatic N) is 1. The highest BCUT2D eigenvalue weighted by molar-refractivity contribution is 9.10. The fourth-order valence-electron chi connectivity index (χ4n) is 1.27. The molecule has 4 nitrogen and oxygen atoms in total. The van der Waals surface area contributed by atoms with E-state index in [0.717, 1.165) is 6.07 Å². The smallest absolute Gasteiger partial charge is 0.243 e. The monoisotopic (exact) mass is 350 g/mol. The number of thiazole rings is 1. The molecule has 18 heavy (non-hydrogen) atoms. The lowest BCUT2D eigenvalue weighted by Crippen LogP contribution is -2.24. The summed E-state index contributed by atoms with van der Waals surface area (Å²) in [6.45, 7) is 0.0511. The zero-order chi connectivity index (χ0) is 13.2. The quantitative estimate of drug-likeness (QED) is 0.921. The Morgan fingerprint density at radius 3 is 2.83 bits per heavy atom. The molecule has 2 aromatic rings. The summed E-state index contributed by atoms with van der Waals surface area (Å²) in [5.41, 5.74) is 0. The molecule has 96 valence electrons. The van der Waals surface area contributed by atoms with Crippen molar-refractivity contribution in [3.8, 4) is 0 Å². The average molecular weight is 351 g/mol. The van der Waals surface area contributed by atoms with Gasteiger partial charge in [-0.05, 0) is 18.2 Å². The third kappa shape index (κ3) is 3.14. The van der Waals surface area contributed by atoms with Crippen molar-refractivity contribution in [2.45, 2.75) is 11.4 Å². The van der Waals surface area contributed by atoms with E-state index in [1.54, 1.807) is 11.6 Å². The van der Waals surface area contributed by atoms with Crippen LogP contribution in [0.15, 0.2) is 39.1 Å². The second-order valence-corrected chi connectivity index (χ2v) is 6.96. The number of aromatic nitrogens is 1. The lowest BCUT2D eigenvalue weighted by molar-refractivity contribution is 0.556. The first-order chi connectivity index (χ1) is 8.49. The average Bonchev–Trinajstić information content (AvgIpc) is 2.78. The van der Waals surface area contributed by atoms with Crippen LogP contribution in [0.4, 0.5) is 4.39 Å². The summed E-state index contributed by atoms with van der Waals surface area (Å²) >= 11 is 4.40. The maximum Gasteiger partial charge on any atom is 0.243 e. The highest BCUT2D eigenvalue weighted by Crippen LogP contribution is 2.19. The van der Waals surface area contributed by atoms with E-state index in [0.29, 0.717) is 9.48 Å². The molecule has 0 bridgehead atoms. The predicted octanol–water partition coefficient (Wildman–Crippen LogP) is 2.52. The van der Waals surface area contributed by atoms with Gasteiger partial charge in [0.15, 0.2) is 0 Å². The van der Waals surface area contributed by atoms with Crippen LogP contribution in [0.3, 0.4) is 0 Å². The van der Waals surface area contributed by atoms with Gasteiger partial charge in [0.05, 0.1) is 6.54 Å². The largest absolute Gasteiger partial charge is 0.248 e. The summed E-state index contributed by atoms with van der Waals surface area (Å²) < 4.78 is 40.1. The van der Waals surface area contributed by atoms with Crippen molar-refractivity contribution in [1.82, 2.24) is 9.71 Å². The van der Waals surface area contributed by atoms with Gasteiger partial charge in [0.25, 0.3) is 0 Å². The van der Waals surface area contributed by atoms with Crippen molar-refractivity contribution in [3.05, 3.63) is 45.1 Å². The van der Waals surface area contributed by atoms with Gasteiger partial charge in [0.1, 0.15) is 15.7 Å². The number of hydrogen-bond acceptors (Lipinski definition) is 4. The van der Waals surface area contributed by atoms with Gasteiger partial charge < -0.3 is 0 Å². The number of halogens is 2. The van der Waals surface area contributed by atoms with E-state index in [4.69, 9.17) is 0 Å². The van der Waals surface area contributed by atoms with Crippen LogP contribution in [0.2, 0.25) is 0 Å². The second-order valence-electron chi connectivity index (χ2n) is 3.33. The molecule has 0 saturated heterocycles. The van der Waals surface area contributed by atoms with E-state index in [-0.39, 0.29) is 11.4 Å². The first-order valence-corrected chi connectivity index (χ1v) is 7.98. The first-order valence-electron chi connectivity index (χ1n) is 4.82. The minimum atomic E-state index is -3.86. The molecule has 0 aliphatic heterocycles. The molecule has 0 unspecified atom stereocenters. The van der Waals surface area contributed by atoms with E-state index in [9.17, 15) is 12.8 Å².